The molecule has 1 amide bonds. The average Bonchev–Trinajstić information content (AvgIpc) is 2.39. The summed E-state index contributed by atoms with van der Waals surface area (Å²) in [7, 11) is 0. The first kappa shape index (κ1) is 14.9. The Labute approximate surface area is 131 Å². The van der Waals surface area contributed by atoms with Crippen molar-refractivity contribution < 1.29 is 4.79 Å². The Morgan fingerprint density at radius 2 is 1.95 bits per heavy atom. The van der Waals surface area contributed by atoms with E-state index in [4.69, 9.17) is 11.6 Å². The maximum Gasteiger partial charge on any atom is 0.221 e. The van der Waals surface area contributed by atoms with E-state index in [0.717, 1.165) is 21.4 Å². The van der Waals surface area contributed by atoms with E-state index in [1.807, 2.05) is 42.5 Å². The van der Waals surface area contributed by atoms with Crippen molar-refractivity contribution in [2.45, 2.75) is 13.5 Å². The summed E-state index contributed by atoms with van der Waals surface area (Å²) in [6.45, 7) is 2.08. The molecular formula is C15H14BrClN2O. The van der Waals surface area contributed by atoms with Crippen LogP contribution in [0.2, 0.25) is 5.02 Å². The van der Waals surface area contributed by atoms with E-state index >= 15 is 0 Å². The van der Waals surface area contributed by atoms with Crippen LogP contribution in [0, 0.1) is 0 Å². The molecule has 0 spiro atoms. The fourth-order valence-electron chi connectivity index (χ4n) is 1.81. The van der Waals surface area contributed by atoms with Gasteiger partial charge in [-0.15, -0.1) is 0 Å². The molecular weight excluding hydrogens is 340 g/mol. The summed E-state index contributed by atoms with van der Waals surface area (Å²) in [6.07, 6.45) is 0. The van der Waals surface area contributed by atoms with Gasteiger partial charge in [0.05, 0.1) is 10.7 Å². The SMILES string of the molecule is CC(=O)Nc1ccccc1CNc1ccc(Br)cc1Cl. The fraction of sp³-hybridized carbons (Fsp3) is 0.133. The molecule has 0 unspecified atom stereocenters. The highest BCUT2D eigenvalue weighted by Crippen LogP contribution is 2.26. The Kier molecular flexibility index (Phi) is 5.04. The van der Waals surface area contributed by atoms with E-state index in [-0.39, 0.29) is 5.91 Å². The number of carbonyl (C=O) groups is 1. The summed E-state index contributed by atoms with van der Waals surface area (Å²) in [5.41, 5.74) is 2.66. The minimum Gasteiger partial charge on any atom is -0.380 e. The second-order valence-electron chi connectivity index (χ2n) is 4.32. The number of carbonyl (C=O) groups excluding carboxylic acids is 1. The van der Waals surface area contributed by atoms with Crippen molar-refractivity contribution in [1.82, 2.24) is 0 Å². The summed E-state index contributed by atoms with van der Waals surface area (Å²) < 4.78 is 0.937. The summed E-state index contributed by atoms with van der Waals surface area (Å²) in [4.78, 5) is 11.2. The first-order valence-corrected chi connectivity index (χ1v) is 7.28. The van der Waals surface area contributed by atoms with Crippen LogP contribution in [0.5, 0.6) is 0 Å². The molecule has 0 fully saturated rings. The van der Waals surface area contributed by atoms with Crippen LogP contribution < -0.4 is 10.6 Å². The van der Waals surface area contributed by atoms with Crippen molar-refractivity contribution >= 4 is 44.8 Å². The fourth-order valence-corrected chi connectivity index (χ4v) is 2.55. The molecule has 0 saturated carbocycles. The lowest BCUT2D eigenvalue weighted by Gasteiger charge is -2.12. The van der Waals surface area contributed by atoms with E-state index in [2.05, 4.69) is 26.6 Å². The highest BCUT2D eigenvalue weighted by Gasteiger charge is 2.05. The first-order chi connectivity index (χ1) is 9.56. The summed E-state index contributed by atoms with van der Waals surface area (Å²) in [6, 6.07) is 13.3. The van der Waals surface area contributed by atoms with Crippen LogP contribution in [0.15, 0.2) is 46.9 Å². The van der Waals surface area contributed by atoms with E-state index in [9.17, 15) is 4.79 Å². The lowest BCUT2D eigenvalue weighted by atomic mass is 10.1. The molecule has 3 nitrogen and oxygen atoms in total. The van der Waals surface area contributed by atoms with Crippen molar-refractivity contribution in [2.24, 2.45) is 0 Å². The van der Waals surface area contributed by atoms with Gasteiger partial charge < -0.3 is 10.6 Å². The molecule has 0 bridgehead atoms. The maximum absolute atomic E-state index is 11.2. The minimum atomic E-state index is -0.0841. The van der Waals surface area contributed by atoms with E-state index in [1.54, 1.807) is 0 Å². The van der Waals surface area contributed by atoms with Crippen molar-refractivity contribution in [3.05, 3.63) is 57.5 Å². The van der Waals surface area contributed by atoms with Crippen LogP contribution in [0.25, 0.3) is 0 Å². The van der Waals surface area contributed by atoms with Crippen molar-refractivity contribution in [1.29, 1.82) is 0 Å². The van der Waals surface area contributed by atoms with Gasteiger partial charge in [-0.1, -0.05) is 45.7 Å². The van der Waals surface area contributed by atoms with Crippen LogP contribution in [-0.2, 0) is 11.3 Å². The molecule has 20 heavy (non-hydrogen) atoms. The first-order valence-electron chi connectivity index (χ1n) is 6.10. The van der Waals surface area contributed by atoms with Gasteiger partial charge in [0.15, 0.2) is 0 Å². The zero-order chi connectivity index (χ0) is 14.5. The number of halogens is 2. The molecule has 0 aliphatic heterocycles. The number of hydrogen-bond donors (Lipinski definition) is 2. The predicted octanol–water partition coefficient (Wildman–Crippen LogP) is 4.67. The van der Waals surface area contributed by atoms with Gasteiger partial charge in [0.2, 0.25) is 5.91 Å². The third-order valence-electron chi connectivity index (χ3n) is 2.73. The second kappa shape index (κ2) is 6.77. The van der Waals surface area contributed by atoms with Crippen LogP contribution in [-0.4, -0.2) is 5.91 Å². The number of benzene rings is 2. The van der Waals surface area contributed by atoms with Gasteiger partial charge in [0.25, 0.3) is 0 Å². The monoisotopic (exact) mass is 352 g/mol. The van der Waals surface area contributed by atoms with Crippen molar-refractivity contribution in [2.75, 3.05) is 10.6 Å². The van der Waals surface area contributed by atoms with Gasteiger partial charge in [-0.25, -0.2) is 0 Å². The standard InChI is InChI=1S/C15H14BrClN2O/c1-10(20)19-14-5-3-2-4-11(14)9-18-15-7-6-12(16)8-13(15)17/h2-8,18H,9H2,1H3,(H,19,20). The van der Waals surface area contributed by atoms with Gasteiger partial charge in [0, 0.05) is 23.6 Å². The van der Waals surface area contributed by atoms with Gasteiger partial charge in [0.1, 0.15) is 0 Å². The lowest BCUT2D eigenvalue weighted by Crippen LogP contribution is -2.10. The molecule has 2 aromatic carbocycles. The third kappa shape index (κ3) is 3.99. The number of anilines is 2. The van der Waals surface area contributed by atoms with Crippen LogP contribution in [0.1, 0.15) is 12.5 Å². The average molecular weight is 354 g/mol. The van der Waals surface area contributed by atoms with Gasteiger partial charge in [-0.3, -0.25) is 4.79 Å². The number of nitrogens with one attached hydrogen (secondary N) is 2. The largest absolute Gasteiger partial charge is 0.380 e. The molecule has 0 saturated heterocycles. The number of hydrogen-bond acceptors (Lipinski definition) is 2. The van der Waals surface area contributed by atoms with E-state index in [1.165, 1.54) is 6.92 Å². The van der Waals surface area contributed by atoms with Gasteiger partial charge in [-0.05, 0) is 29.8 Å². The van der Waals surface area contributed by atoms with Gasteiger partial charge >= 0.3 is 0 Å². The lowest BCUT2D eigenvalue weighted by molar-refractivity contribution is -0.114. The highest BCUT2D eigenvalue weighted by molar-refractivity contribution is 9.10. The normalized spacial score (nSPS) is 10.2. The minimum absolute atomic E-state index is 0.0841. The van der Waals surface area contributed by atoms with Crippen molar-refractivity contribution in [3.63, 3.8) is 0 Å². The van der Waals surface area contributed by atoms with Crippen LogP contribution in [0.3, 0.4) is 0 Å². The molecule has 0 aromatic heterocycles. The third-order valence-corrected chi connectivity index (χ3v) is 3.53. The smallest absolute Gasteiger partial charge is 0.221 e. The number of amides is 1. The molecule has 0 aliphatic carbocycles. The summed E-state index contributed by atoms with van der Waals surface area (Å²) in [5.74, 6) is -0.0841. The van der Waals surface area contributed by atoms with Gasteiger partial charge in [-0.2, -0.15) is 0 Å². The quantitative estimate of drug-likeness (QED) is 0.838. The van der Waals surface area contributed by atoms with E-state index in [0.29, 0.717) is 11.6 Å². The summed E-state index contributed by atoms with van der Waals surface area (Å²) >= 11 is 9.53. The Balaban J connectivity index is 2.12. The number of para-hydroxylation sites is 1. The van der Waals surface area contributed by atoms with Crippen molar-refractivity contribution in [3.8, 4) is 0 Å². The Hall–Kier alpha value is -1.52. The molecule has 0 radical (unpaired) electrons. The highest BCUT2D eigenvalue weighted by atomic mass is 79.9. The zero-order valence-electron chi connectivity index (χ0n) is 10.9. The maximum atomic E-state index is 11.2. The topological polar surface area (TPSA) is 41.1 Å². The second-order valence-corrected chi connectivity index (χ2v) is 5.64. The molecule has 5 heteroatoms. The zero-order valence-corrected chi connectivity index (χ0v) is 13.3. The Bertz CT molecular complexity index is 631. The Morgan fingerprint density at radius 3 is 2.65 bits per heavy atom. The molecule has 104 valence electrons. The number of rotatable bonds is 4. The molecule has 2 rings (SSSR count). The Morgan fingerprint density at radius 1 is 1.20 bits per heavy atom. The molecule has 0 atom stereocenters. The predicted molar refractivity (Wildman–Crippen MR) is 87.2 cm³/mol. The van der Waals surface area contributed by atoms with E-state index < -0.39 is 0 Å². The molecule has 2 N–H and O–H groups in total. The molecule has 0 aliphatic rings. The van der Waals surface area contributed by atoms with Crippen LogP contribution in [0.4, 0.5) is 11.4 Å². The van der Waals surface area contributed by atoms with Crippen LogP contribution >= 0.6 is 27.5 Å². The molecule has 2 aromatic rings. The molecule has 0 heterocycles. The summed E-state index contributed by atoms with van der Waals surface area (Å²) in [5, 5.41) is 6.73.